The van der Waals surface area contributed by atoms with Crippen LogP contribution in [0, 0.1) is 6.92 Å². The number of aliphatic hydroxyl groups excluding tert-OH is 1. The summed E-state index contributed by atoms with van der Waals surface area (Å²) in [6.45, 7) is 1.37. The highest BCUT2D eigenvalue weighted by molar-refractivity contribution is 9.10. The lowest BCUT2D eigenvalue weighted by Gasteiger charge is -2.23. The van der Waals surface area contributed by atoms with Gasteiger partial charge in [-0.2, -0.15) is 0 Å². The Hall–Kier alpha value is -0.750. The summed E-state index contributed by atoms with van der Waals surface area (Å²) in [4.78, 5) is 5.41. The predicted molar refractivity (Wildman–Crippen MR) is 62.0 cm³/mol. The van der Waals surface area contributed by atoms with Crippen molar-refractivity contribution in [2.75, 3.05) is 24.6 Å². The molecule has 6 heteroatoms. The van der Waals surface area contributed by atoms with Gasteiger partial charge in [-0.15, -0.1) is 0 Å². The first-order chi connectivity index (χ1) is 7.56. The molecule has 0 spiro atoms. The molecule has 0 fully saturated rings. The first kappa shape index (κ1) is 13.3. The van der Waals surface area contributed by atoms with Crippen molar-refractivity contribution >= 4 is 21.7 Å². The largest absolute Gasteiger partial charge is 0.395 e. The van der Waals surface area contributed by atoms with Gasteiger partial charge in [0, 0.05) is 12.7 Å². The number of aryl methyl sites for hydroxylation is 1. The summed E-state index contributed by atoms with van der Waals surface area (Å²) >= 11 is 3.31. The smallest absolute Gasteiger partial charge is 0.255 e. The fourth-order valence-electron chi connectivity index (χ4n) is 1.32. The summed E-state index contributed by atoms with van der Waals surface area (Å²) < 4.78 is 25.4. The lowest BCUT2D eigenvalue weighted by Crippen LogP contribution is -2.32. The van der Waals surface area contributed by atoms with Crippen LogP contribution in [0.1, 0.15) is 5.56 Å². The van der Waals surface area contributed by atoms with Crippen LogP contribution in [0.2, 0.25) is 0 Å². The third-order valence-corrected chi connectivity index (χ3v) is 3.07. The zero-order valence-corrected chi connectivity index (χ0v) is 10.4. The van der Waals surface area contributed by atoms with E-state index >= 15 is 0 Å². The van der Waals surface area contributed by atoms with Crippen LogP contribution in [-0.4, -0.2) is 36.2 Å². The van der Waals surface area contributed by atoms with Gasteiger partial charge in [-0.05, 0) is 34.5 Å². The SMILES string of the molecule is Cc1ccnc(N(CCO)CC(F)F)c1Br. The quantitative estimate of drug-likeness (QED) is 0.905. The van der Waals surface area contributed by atoms with Gasteiger partial charge in [-0.3, -0.25) is 0 Å². The zero-order valence-electron chi connectivity index (χ0n) is 8.83. The fraction of sp³-hybridized carbons (Fsp3) is 0.500. The number of nitrogens with zero attached hydrogens (tertiary/aromatic N) is 2. The van der Waals surface area contributed by atoms with Crippen LogP contribution in [0.4, 0.5) is 14.6 Å². The van der Waals surface area contributed by atoms with Gasteiger partial charge in [0.25, 0.3) is 6.43 Å². The molecule has 0 saturated carbocycles. The minimum Gasteiger partial charge on any atom is -0.395 e. The highest BCUT2D eigenvalue weighted by Gasteiger charge is 2.16. The number of alkyl halides is 2. The van der Waals surface area contributed by atoms with E-state index in [0.717, 1.165) is 5.56 Å². The van der Waals surface area contributed by atoms with E-state index in [9.17, 15) is 8.78 Å². The van der Waals surface area contributed by atoms with Gasteiger partial charge in [-0.1, -0.05) is 0 Å². The second-order valence-electron chi connectivity index (χ2n) is 3.33. The number of pyridine rings is 1. The predicted octanol–water partition coefficient (Wildman–Crippen LogP) is 2.22. The van der Waals surface area contributed by atoms with Crippen molar-refractivity contribution in [3.05, 3.63) is 22.3 Å². The minimum absolute atomic E-state index is 0.138. The van der Waals surface area contributed by atoms with Crippen LogP contribution in [-0.2, 0) is 0 Å². The number of anilines is 1. The Morgan fingerprint density at radius 3 is 2.81 bits per heavy atom. The molecule has 0 aromatic carbocycles. The van der Waals surface area contributed by atoms with E-state index in [1.54, 1.807) is 12.3 Å². The molecule has 0 aliphatic carbocycles. The summed E-state index contributed by atoms with van der Waals surface area (Å²) in [5, 5.41) is 8.84. The van der Waals surface area contributed by atoms with E-state index in [2.05, 4.69) is 20.9 Å². The molecule has 1 aromatic heterocycles. The molecule has 1 N–H and O–H groups in total. The Labute approximate surface area is 101 Å². The van der Waals surface area contributed by atoms with Gasteiger partial charge in [0.2, 0.25) is 0 Å². The maximum absolute atomic E-state index is 12.4. The van der Waals surface area contributed by atoms with E-state index in [4.69, 9.17) is 5.11 Å². The Bertz CT molecular complexity index is 350. The van der Waals surface area contributed by atoms with Crippen molar-refractivity contribution in [2.24, 2.45) is 0 Å². The van der Waals surface area contributed by atoms with E-state index in [-0.39, 0.29) is 13.2 Å². The van der Waals surface area contributed by atoms with Gasteiger partial charge in [-0.25, -0.2) is 13.8 Å². The zero-order chi connectivity index (χ0) is 12.1. The second-order valence-corrected chi connectivity index (χ2v) is 4.12. The fourth-order valence-corrected chi connectivity index (χ4v) is 1.80. The van der Waals surface area contributed by atoms with Crippen LogP contribution >= 0.6 is 15.9 Å². The summed E-state index contributed by atoms with van der Waals surface area (Å²) in [6, 6.07) is 1.78. The number of rotatable bonds is 5. The molecular weight excluding hydrogens is 282 g/mol. The standard InChI is InChI=1S/C10H13BrF2N2O/c1-7-2-3-14-10(9(7)11)15(4-5-16)6-8(12)13/h2-3,8,16H,4-6H2,1H3. The van der Waals surface area contributed by atoms with E-state index in [1.165, 1.54) is 4.90 Å². The van der Waals surface area contributed by atoms with E-state index in [0.29, 0.717) is 10.3 Å². The summed E-state index contributed by atoms with van der Waals surface area (Å²) in [7, 11) is 0. The monoisotopic (exact) mass is 294 g/mol. The van der Waals surface area contributed by atoms with Crippen molar-refractivity contribution in [2.45, 2.75) is 13.3 Å². The molecule has 0 aliphatic heterocycles. The lowest BCUT2D eigenvalue weighted by atomic mass is 10.3. The van der Waals surface area contributed by atoms with Crippen LogP contribution in [0.15, 0.2) is 16.7 Å². The molecule has 1 aromatic rings. The number of aliphatic hydroxyl groups is 1. The molecule has 0 radical (unpaired) electrons. The van der Waals surface area contributed by atoms with E-state index < -0.39 is 13.0 Å². The maximum atomic E-state index is 12.4. The Balaban J connectivity index is 2.96. The minimum atomic E-state index is -2.46. The molecule has 3 nitrogen and oxygen atoms in total. The Kier molecular flexibility index (Phi) is 5.08. The molecule has 1 heterocycles. The van der Waals surface area contributed by atoms with Crippen LogP contribution in [0.3, 0.4) is 0 Å². The molecule has 0 unspecified atom stereocenters. The molecule has 0 saturated heterocycles. The third-order valence-electron chi connectivity index (χ3n) is 2.09. The molecule has 0 bridgehead atoms. The number of hydrogen-bond acceptors (Lipinski definition) is 3. The molecule has 16 heavy (non-hydrogen) atoms. The number of aromatic nitrogens is 1. The first-order valence-electron chi connectivity index (χ1n) is 4.81. The molecule has 0 aliphatic rings. The maximum Gasteiger partial charge on any atom is 0.255 e. The van der Waals surface area contributed by atoms with Crippen LogP contribution in [0.5, 0.6) is 0 Å². The Morgan fingerprint density at radius 1 is 1.56 bits per heavy atom. The average molecular weight is 295 g/mol. The topological polar surface area (TPSA) is 36.4 Å². The highest BCUT2D eigenvalue weighted by atomic mass is 79.9. The molecule has 90 valence electrons. The first-order valence-corrected chi connectivity index (χ1v) is 5.60. The van der Waals surface area contributed by atoms with Crippen molar-refractivity contribution in [1.29, 1.82) is 0 Å². The molecule has 0 amide bonds. The summed E-state index contributed by atoms with van der Waals surface area (Å²) in [6.07, 6.45) is -0.897. The Morgan fingerprint density at radius 2 is 2.25 bits per heavy atom. The van der Waals surface area contributed by atoms with Gasteiger partial charge in [0.15, 0.2) is 0 Å². The summed E-state index contributed by atoms with van der Waals surface area (Å²) in [5.41, 5.74) is 0.919. The van der Waals surface area contributed by atoms with Crippen molar-refractivity contribution in [1.82, 2.24) is 4.98 Å². The molecule has 0 atom stereocenters. The van der Waals surface area contributed by atoms with Crippen molar-refractivity contribution in [3.63, 3.8) is 0 Å². The van der Waals surface area contributed by atoms with Crippen LogP contribution in [0.25, 0.3) is 0 Å². The van der Waals surface area contributed by atoms with Crippen LogP contribution < -0.4 is 4.90 Å². The third kappa shape index (κ3) is 3.38. The average Bonchev–Trinajstić information content (AvgIpc) is 2.21. The normalized spacial score (nSPS) is 10.9. The van der Waals surface area contributed by atoms with Gasteiger partial charge in [0.05, 0.1) is 17.6 Å². The highest BCUT2D eigenvalue weighted by Crippen LogP contribution is 2.27. The molecular formula is C10H13BrF2N2O. The van der Waals surface area contributed by atoms with Crippen molar-refractivity contribution < 1.29 is 13.9 Å². The lowest BCUT2D eigenvalue weighted by molar-refractivity contribution is 0.152. The number of halogens is 3. The van der Waals surface area contributed by atoms with Crippen molar-refractivity contribution in [3.8, 4) is 0 Å². The van der Waals surface area contributed by atoms with E-state index in [1.807, 2.05) is 6.92 Å². The van der Waals surface area contributed by atoms with Gasteiger partial charge in [0.1, 0.15) is 5.82 Å². The molecule has 1 rings (SSSR count). The second kappa shape index (κ2) is 6.10. The van der Waals surface area contributed by atoms with Gasteiger partial charge >= 0.3 is 0 Å². The van der Waals surface area contributed by atoms with Gasteiger partial charge < -0.3 is 10.0 Å². The number of hydrogen-bond donors (Lipinski definition) is 1. The summed E-state index contributed by atoms with van der Waals surface area (Å²) in [5.74, 6) is 0.439.